The molecule has 4 aromatic heterocycles. The zero-order valence-corrected chi connectivity index (χ0v) is 21.0. The monoisotopic (exact) mass is 499 g/mol. The Morgan fingerprint density at radius 1 is 1.14 bits per heavy atom. The van der Waals surface area contributed by atoms with Crippen LogP contribution in [0.2, 0.25) is 0 Å². The SMILES string of the molecule is COc1ccc2cc(CN(Cc3cccnc3)[C@@H](c3nnnn3Cc3ccco3)C(C)C)c(=O)[nH]c2c1. The van der Waals surface area contributed by atoms with Crippen LogP contribution in [-0.4, -0.2) is 42.2 Å². The van der Waals surface area contributed by atoms with Crippen molar-refractivity contribution in [2.45, 2.75) is 39.5 Å². The average Bonchev–Trinajstić information content (AvgIpc) is 3.57. The Labute approximate surface area is 213 Å². The van der Waals surface area contributed by atoms with E-state index in [1.807, 2.05) is 54.7 Å². The highest BCUT2D eigenvalue weighted by atomic mass is 16.5. The van der Waals surface area contributed by atoms with Crippen molar-refractivity contribution in [3.05, 3.63) is 100 Å². The largest absolute Gasteiger partial charge is 0.497 e. The molecule has 0 aliphatic carbocycles. The lowest BCUT2D eigenvalue weighted by Crippen LogP contribution is -2.35. The van der Waals surface area contributed by atoms with Crippen molar-refractivity contribution < 1.29 is 9.15 Å². The van der Waals surface area contributed by atoms with Crippen LogP contribution in [0.4, 0.5) is 0 Å². The third-order valence-corrected chi connectivity index (χ3v) is 6.35. The van der Waals surface area contributed by atoms with Gasteiger partial charge < -0.3 is 14.1 Å². The lowest BCUT2D eigenvalue weighted by molar-refractivity contribution is 0.125. The Bertz CT molecular complexity index is 1510. The number of pyridine rings is 2. The average molecular weight is 500 g/mol. The number of H-pyrrole nitrogens is 1. The molecule has 5 rings (SSSR count). The van der Waals surface area contributed by atoms with Gasteiger partial charge in [0, 0.05) is 37.1 Å². The number of furan rings is 1. The van der Waals surface area contributed by atoms with Gasteiger partial charge in [0.05, 0.1) is 24.9 Å². The number of ether oxygens (including phenoxy) is 1. The van der Waals surface area contributed by atoms with Gasteiger partial charge in [0.1, 0.15) is 18.1 Å². The number of fused-ring (bicyclic) bond motifs is 1. The summed E-state index contributed by atoms with van der Waals surface area (Å²) in [5.41, 5.74) is 2.27. The quantitative estimate of drug-likeness (QED) is 0.307. The van der Waals surface area contributed by atoms with Crippen molar-refractivity contribution >= 4 is 10.9 Å². The van der Waals surface area contributed by atoms with Crippen molar-refractivity contribution in [1.82, 2.24) is 35.1 Å². The molecule has 1 aromatic carbocycles. The number of hydrogen-bond acceptors (Lipinski definition) is 8. The first kappa shape index (κ1) is 24.4. The fourth-order valence-electron chi connectivity index (χ4n) is 4.64. The lowest BCUT2D eigenvalue weighted by atomic mass is 9.99. The van der Waals surface area contributed by atoms with E-state index >= 15 is 0 Å². The summed E-state index contributed by atoms with van der Waals surface area (Å²) < 4.78 is 12.6. The summed E-state index contributed by atoms with van der Waals surface area (Å²) in [5.74, 6) is 2.30. The van der Waals surface area contributed by atoms with Crippen LogP contribution in [-0.2, 0) is 19.6 Å². The number of tetrazole rings is 1. The highest BCUT2D eigenvalue weighted by Gasteiger charge is 2.30. The van der Waals surface area contributed by atoms with Gasteiger partial charge in [-0.15, -0.1) is 5.10 Å². The fraction of sp³-hybridized carbons (Fsp3) is 0.296. The first-order chi connectivity index (χ1) is 18.0. The molecule has 0 saturated heterocycles. The highest BCUT2D eigenvalue weighted by Crippen LogP contribution is 2.30. The van der Waals surface area contributed by atoms with Gasteiger partial charge in [0.25, 0.3) is 5.56 Å². The number of rotatable bonds is 10. The minimum absolute atomic E-state index is 0.141. The standard InChI is InChI=1S/C27H29N7O3/c1-18(2)25(26-30-31-32-34(26)17-23-7-5-11-37-23)33(15-19-6-4-10-28-14-19)16-21-12-20-8-9-22(36-3)13-24(20)29-27(21)35/h4-14,18,25H,15-17H2,1-3H3,(H,29,35)/t25-/m1/s1. The predicted octanol–water partition coefficient (Wildman–Crippen LogP) is 3.96. The van der Waals surface area contributed by atoms with E-state index in [4.69, 9.17) is 9.15 Å². The van der Waals surface area contributed by atoms with Crippen molar-refractivity contribution in [1.29, 1.82) is 0 Å². The van der Waals surface area contributed by atoms with Crippen LogP contribution in [0.15, 0.2) is 76.4 Å². The van der Waals surface area contributed by atoms with E-state index in [2.05, 4.69) is 44.2 Å². The number of aromatic nitrogens is 6. The fourth-order valence-corrected chi connectivity index (χ4v) is 4.64. The maximum Gasteiger partial charge on any atom is 0.252 e. The van der Waals surface area contributed by atoms with Crippen LogP contribution in [0.1, 0.15) is 42.6 Å². The Hall–Kier alpha value is -4.31. The highest BCUT2D eigenvalue weighted by molar-refractivity contribution is 5.80. The third-order valence-electron chi connectivity index (χ3n) is 6.35. The normalized spacial score (nSPS) is 12.5. The lowest BCUT2D eigenvalue weighted by Gasteiger charge is -2.33. The van der Waals surface area contributed by atoms with Crippen LogP contribution in [0.3, 0.4) is 0 Å². The smallest absolute Gasteiger partial charge is 0.252 e. The summed E-state index contributed by atoms with van der Waals surface area (Å²) in [7, 11) is 1.61. The van der Waals surface area contributed by atoms with Gasteiger partial charge in [-0.2, -0.15) is 0 Å². The molecule has 5 aromatic rings. The molecule has 37 heavy (non-hydrogen) atoms. The number of benzene rings is 1. The Balaban J connectivity index is 1.54. The van der Waals surface area contributed by atoms with E-state index in [9.17, 15) is 4.79 Å². The van der Waals surface area contributed by atoms with Crippen LogP contribution in [0.25, 0.3) is 10.9 Å². The molecule has 0 fully saturated rings. The maximum atomic E-state index is 13.2. The molecule has 190 valence electrons. The maximum absolute atomic E-state index is 13.2. The molecule has 1 atom stereocenters. The van der Waals surface area contributed by atoms with Crippen LogP contribution in [0.5, 0.6) is 5.75 Å². The molecule has 10 heteroatoms. The molecule has 0 spiro atoms. The van der Waals surface area contributed by atoms with Crippen molar-refractivity contribution in [3.8, 4) is 5.75 Å². The summed E-state index contributed by atoms with van der Waals surface area (Å²) in [6, 6.07) is 15.1. The molecule has 0 aliphatic heterocycles. The number of nitrogens with one attached hydrogen (secondary N) is 1. The minimum Gasteiger partial charge on any atom is -0.497 e. The second kappa shape index (κ2) is 10.8. The summed E-state index contributed by atoms with van der Waals surface area (Å²) in [6.07, 6.45) is 5.22. The van der Waals surface area contributed by atoms with Crippen LogP contribution in [0, 0.1) is 5.92 Å². The second-order valence-corrected chi connectivity index (χ2v) is 9.31. The molecule has 0 amide bonds. The van der Waals surface area contributed by atoms with Gasteiger partial charge in [-0.25, -0.2) is 4.68 Å². The number of aromatic amines is 1. The number of methoxy groups -OCH3 is 1. The van der Waals surface area contributed by atoms with Gasteiger partial charge >= 0.3 is 0 Å². The molecule has 0 unspecified atom stereocenters. The van der Waals surface area contributed by atoms with Crippen molar-refractivity contribution in [2.24, 2.45) is 5.92 Å². The summed E-state index contributed by atoms with van der Waals surface area (Å²) in [4.78, 5) is 22.7. The summed E-state index contributed by atoms with van der Waals surface area (Å²) >= 11 is 0. The van der Waals surface area contributed by atoms with E-state index in [1.54, 1.807) is 24.3 Å². The topological polar surface area (TPSA) is 115 Å². The Kier molecular flexibility index (Phi) is 7.09. The minimum atomic E-state index is -0.184. The van der Waals surface area contributed by atoms with E-state index in [-0.39, 0.29) is 17.5 Å². The van der Waals surface area contributed by atoms with Gasteiger partial charge in [-0.1, -0.05) is 19.9 Å². The first-order valence-corrected chi connectivity index (χ1v) is 12.1. The summed E-state index contributed by atoms with van der Waals surface area (Å²) in [5, 5.41) is 13.6. The van der Waals surface area contributed by atoms with E-state index in [0.29, 0.717) is 36.8 Å². The molecule has 4 heterocycles. The van der Waals surface area contributed by atoms with Gasteiger partial charge in [0.15, 0.2) is 5.82 Å². The first-order valence-electron chi connectivity index (χ1n) is 12.1. The van der Waals surface area contributed by atoms with Gasteiger partial charge in [-0.3, -0.25) is 14.7 Å². The molecule has 0 saturated carbocycles. The molecule has 10 nitrogen and oxygen atoms in total. The van der Waals surface area contributed by atoms with Crippen molar-refractivity contribution in [2.75, 3.05) is 7.11 Å². The molecular formula is C27H29N7O3. The van der Waals surface area contributed by atoms with Gasteiger partial charge in [-0.05, 0) is 63.7 Å². The number of hydrogen-bond donors (Lipinski definition) is 1. The van der Waals surface area contributed by atoms with Crippen LogP contribution < -0.4 is 10.3 Å². The number of nitrogens with zero attached hydrogens (tertiary/aromatic N) is 6. The molecular weight excluding hydrogens is 470 g/mol. The second-order valence-electron chi connectivity index (χ2n) is 9.31. The van der Waals surface area contributed by atoms with E-state index < -0.39 is 0 Å². The zero-order chi connectivity index (χ0) is 25.8. The van der Waals surface area contributed by atoms with Crippen LogP contribution >= 0.6 is 0 Å². The van der Waals surface area contributed by atoms with E-state index in [1.165, 1.54) is 0 Å². The zero-order valence-electron chi connectivity index (χ0n) is 21.0. The molecule has 0 bridgehead atoms. The van der Waals surface area contributed by atoms with Crippen molar-refractivity contribution in [3.63, 3.8) is 0 Å². The molecule has 0 aliphatic rings. The Morgan fingerprint density at radius 3 is 2.76 bits per heavy atom. The Morgan fingerprint density at radius 2 is 2.03 bits per heavy atom. The summed E-state index contributed by atoms with van der Waals surface area (Å²) in [6.45, 7) is 5.62. The third kappa shape index (κ3) is 5.44. The molecule has 1 N–H and O–H groups in total. The molecule has 0 radical (unpaired) electrons. The van der Waals surface area contributed by atoms with Gasteiger partial charge in [0.2, 0.25) is 0 Å². The predicted molar refractivity (Wildman–Crippen MR) is 138 cm³/mol. The van der Waals surface area contributed by atoms with E-state index in [0.717, 1.165) is 22.2 Å².